The number of hydrogen-bond acceptors (Lipinski definition) is 6. The SMILES string of the molecule is O=C(NC1CCC(Oc2ncc(F)cn2)CC1)c1cccc2c1OCCO2. The van der Waals surface area contributed by atoms with Crippen LogP contribution in [0.2, 0.25) is 0 Å². The average molecular weight is 373 g/mol. The maximum Gasteiger partial charge on any atom is 0.316 e. The highest BCUT2D eigenvalue weighted by Crippen LogP contribution is 2.33. The van der Waals surface area contributed by atoms with Crippen molar-refractivity contribution in [2.24, 2.45) is 0 Å². The average Bonchev–Trinajstić information content (AvgIpc) is 2.71. The fraction of sp³-hybridized carbons (Fsp3) is 0.421. The van der Waals surface area contributed by atoms with E-state index in [9.17, 15) is 9.18 Å². The molecule has 1 aliphatic heterocycles. The van der Waals surface area contributed by atoms with E-state index in [1.54, 1.807) is 18.2 Å². The van der Waals surface area contributed by atoms with Gasteiger partial charge in [-0.3, -0.25) is 4.79 Å². The van der Waals surface area contributed by atoms with Crippen LogP contribution in [0.25, 0.3) is 0 Å². The maximum absolute atomic E-state index is 12.8. The molecule has 2 aliphatic rings. The highest BCUT2D eigenvalue weighted by molar-refractivity contribution is 5.98. The minimum Gasteiger partial charge on any atom is -0.486 e. The number of carbonyl (C=O) groups is 1. The number of fused-ring (bicyclic) bond motifs is 1. The molecule has 142 valence electrons. The van der Waals surface area contributed by atoms with Gasteiger partial charge in [0.1, 0.15) is 19.3 Å². The van der Waals surface area contributed by atoms with E-state index in [2.05, 4.69) is 15.3 Å². The van der Waals surface area contributed by atoms with E-state index in [0.717, 1.165) is 38.1 Å². The van der Waals surface area contributed by atoms with Crippen molar-refractivity contribution >= 4 is 5.91 Å². The summed E-state index contributed by atoms with van der Waals surface area (Å²) >= 11 is 0. The van der Waals surface area contributed by atoms with Gasteiger partial charge in [0.25, 0.3) is 5.91 Å². The van der Waals surface area contributed by atoms with Crippen LogP contribution in [0.3, 0.4) is 0 Å². The summed E-state index contributed by atoms with van der Waals surface area (Å²) < 4.78 is 29.7. The number of benzene rings is 1. The van der Waals surface area contributed by atoms with Crippen molar-refractivity contribution < 1.29 is 23.4 Å². The lowest BCUT2D eigenvalue weighted by Gasteiger charge is -2.29. The summed E-state index contributed by atoms with van der Waals surface area (Å²) in [6, 6.07) is 5.56. The van der Waals surface area contributed by atoms with Crippen molar-refractivity contribution in [1.29, 1.82) is 0 Å². The van der Waals surface area contributed by atoms with E-state index in [1.807, 2.05) is 0 Å². The molecule has 1 saturated carbocycles. The molecule has 0 radical (unpaired) electrons. The Labute approximate surface area is 155 Å². The molecule has 1 aliphatic carbocycles. The van der Waals surface area contributed by atoms with E-state index in [0.29, 0.717) is 30.3 Å². The Bertz CT molecular complexity index is 807. The predicted octanol–water partition coefficient (Wildman–Crippen LogP) is 2.51. The summed E-state index contributed by atoms with van der Waals surface area (Å²) in [6.45, 7) is 0.922. The van der Waals surface area contributed by atoms with E-state index in [4.69, 9.17) is 14.2 Å². The molecule has 0 saturated heterocycles. The van der Waals surface area contributed by atoms with Gasteiger partial charge in [-0.05, 0) is 37.8 Å². The standard InChI is InChI=1S/C19H20FN3O4/c20-12-10-21-19(22-11-12)27-14-6-4-13(5-7-14)23-18(24)15-2-1-3-16-17(15)26-9-8-25-16/h1-3,10-11,13-14H,4-9H2,(H,23,24). The topological polar surface area (TPSA) is 82.6 Å². The smallest absolute Gasteiger partial charge is 0.316 e. The molecule has 2 aromatic rings. The summed E-state index contributed by atoms with van der Waals surface area (Å²) in [5.41, 5.74) is 0.491. The summed E-state index contributed by atoms with van der Waals surface area (Å²) in [5.74, 6) is 0.451. The molecule has 1 fully saturated rings. The number of nitrogens with one attached hydrogen (secondary N) is 1. The minimum absolute atomic E-state index is 0.0372. The van der Waals surface area contributed by atoms with E-state index >= 15 is 0 Å². The number of aromatic nitrogens is 2. The summed E-state index contributed by atoms with van der Waals surface area (Å²) in [4.78, 5) is 20.3. The number of rotatable bonds is 4. The van der Waals surface area contributed by atoms with Crippen LogP contribution in [0.1, 0.15) is 36.0 Å². The molecule has 1 N–H and O–H groups in total. The quantitative estimate of drug-likeness (QED) is 0.887. The maximum atomic E-state index is 12.8. The number of hydrogen-bond donors (Lipinski definition) is 1. The zero-order valence-corrected chi connectivity index (χ0v) is 14.7. The van der Waals surface area contributed by atoms with Crippen LogP contribution < -0.4 is 19.5 Å². The molecule has 1 aromatic carbocycles. The molecule has 0 atom stereocenters. The van der Waals surface area contributed by atoms with Crippen LogP contribution in [0.15, 0.2) is 30.6 Å². The molecule has 1 aromatic heterocycles. The fourth-order valence-electron chi connectivity index (χ4n) is 3.35. The predicted molar refractivity (Wildman–Crippen MR) is 93.6 cm³/mol. The molecule has 2 heterocycles. The Morgan fingerprint density at radius 1 is 1.11 bits per heavy atom. The Hall–Kier alpha value is -2.90. The largest absolute Gasteiger partial charge is 0.486 e. The van der Waals surface area contributed by atoms with Crippen LogP contribution in [0, 0.1) is 5.82 Å². The van der Waals surface area contributed by atoms with Crippen LogP contribution in [0.4, 0.5) is 4.39 Å². The summed E-state index contributed by atoms with van der Waals surface area (Å²) in [7, 11) is 0. The monoisotopic (exact) mass is 373 g/mol. The molecule has 0 spiro atoms. The van der Waals surface area contributed by atoms with E-state index in [1.165, 1.54) is 0 Å². The normalized spacial score (nSPS) is 21.4. The second-order valence-electron chi connectivity index (χ2n) is 6.58. The van der Waals surface area contributed by atoms with Gasteiger partial charge in [-0.1, -0.05) is 6.07 Å². The highest BCUT2D eigenvalue weighted by Gasteiger charge is 2.26. The van der Waals surface area contributed by atoms with Gasteiger partial charge in [0, 0.05) is 6.04 Å². The molecule has 1 amide bonds. The van der Waals surface area contributed by atoms with Gasteiger partial charge in [0.05, 0.1) is 18.0 Å². The van der Waals surface area contributed by atoms with Crippen LogP contribution >= 0.6 is 0 Å². The molecule has 7 nitrogen and oxygen atoms in total. The van der Waals surface area contributed by atoms with Crippen molar-refractivity contribution in [2.75, 3.05) is 13.2 Å². The molecule has 0 unspecified atom stereocenters. The molecular formula is C19H20FN3O4. The lowest BCUT2D eigenvalue weighted by atomic mass is 9.92. The number of ether oxygens (including phenoxy) is 3. The first-order valence-corrected chi connectivity index (χ1v) is 9.03. The fourth-order valence-corrected chi connectivity index (χ4v) is 3.35. The first kappa shape index (κ1) is 17.5. The van der Waals surface area contributed by atoms with Gasteiger partial charge in [-0.25, -0.2) is 14.4 Å². The molecule has 0 bridgehead atoms. The van der Waals surface area contributed by atoms with Crippen molar-refractivity contribution in [3.05, 3.63) is 42.0 Å². The Morgan fingerprint density at radius 3 is 2.63 bits per heavy atom. The van der Waals surface area contributed by atoms with Gasteiger partial charge in [0.2, 0.25) is 0 Å². The molecule has 27 heavy (non-hydrogen) atoms. The van der Waals surface area contributed by atoms with Crippen molar-refractivity contribution in [3.63, 3.8) is 0 Å². The number of carbonyl (C=O) groups excluding carboxylic acids is 1. The van der Waals surface area contributed by atoms with E-state index < -0.39 is 5.82 Å². The molecule has 8 heteroatoms. The van der Waals surface area contributed by atoms with Crippen molar-refractivity contribution in [2.45, 2.75) is 37.8 Å². The van der Waals surface area contributed by atoms with Gasteiger partial charge in [0.15, 0.2) is 17.3 Å². The van der Waals surface area contributed by atoms with E-state index in [-0.39, 0.29) is 24.1 Å². The number of halogens is 1. The van der Waals surface area contributed by atoms with Gasteiger partial charge >= 0.3 is 6.01 Å². The van der Waals surface area contributed by atoms with Crippen LogP contribution in [-0.4, -0.2) is 41.2 Å². The third-order valence-corrected chi connectivity index (χ3v) is 4.69. The summed E-state index contributed by atoms with van der Waals surface area (Å²) in [5, 5.41) is 3.07. The zero-order valence-electron chi connectivity index (χ0n) is 14.7. The molecular weight excluding hydrogens is 353 g/mol. The first-order chi connectivity index (χ1) is 13.2. The first-order valence-electron chi connectivity index (χ1n) is 9.03. The van der Waals surface area contributed by atoms with Gasteiger partial charge < -0.3 is 19.5 Å². The van der Waals surface area contributed by atoms with Crippen molar-refractivity contribution in [3.8, 4) is 17.5 Å². The Morgan fingerprint density at radius 2 is 1.85 bits per heavy atom. The number of amides is 1. The highest BCUT2D eigenvalue weighted by atomic mass is 19.1. The molecule has 4 rings (SSSR count). The zero-order chi connectivity index (χ0) is 18.6. The van der Waals surface area contributed by atoms with Crippen LogP contribution in [0.5, 0.6) is 17.5 Å². The Balaban J connectivity index is 1.31. The third-order valence-electron chi connectivity index (χ3n) is 4.69. The minimum atomic E-state index is -0.494. The lowest BCUT2D eigenvalue weighted by molar-refractivity contribution is 0.0875. The Kier molecular flexibility index (Phi) is 5.04. The van der Waals surface area contributed by atoms with Crippen molar-refractivity contribution in [1.82, 2.24) is 15.3 Å². The number of para-hydroxylation sites is 1. The second-order valence-corrected chi connectivity index (χ2v) is 6.58. The van der Waals surface area contributed by atoms with Gasteiger partial charge in [-0.2, -0.15) is 0 Å². The number of nitrogens with zero attached hydrogens (tertiary/aromatic N) is 2. The lowest BCUT2D eigenvalue weighted by Crippen LogP contribution is -2.40. The van der Waals surface area contributed by atoms with Gasteiger partial charge in [-0.15, -0.1) is 0 Å². The third kappa shape index (κ3) is 4.10. The van der Waals surface area contributed by atoms with Crippen LogP contribution in [-0.2, 0) is 0 Å². The summed E-state index contributed by atoms with van der Waals surface area (Å²) in [6.07, 6.45) is 5.22. The second kappa shape index (κ2) is 7.77.